The monoisotopic (exact) mass is 168 g/mol. The van der Waals surface area contributed by atoms with E-state index in [1.54, 1.807) is 0 Å². The van der Waals surface area contributed by atoms with Crippen molar-refractivity contribution in [3.8, 4) is 0 Å². The molecule has 2 rings (SSSR count). The number of piperidine rings is 1. The van der Waals surface area contributed by atoms with Gasteiger partial charge in [0.15, 0.2) is 0 Å². The Bertz CT molecular complexity index is 141. The summed E-state index contributed by atoms with van der Waals surface area (Å²) in [7, 11) is 0. The first-order chi connectivity index (χ1) is 5.88. The molecule has 0 aliphatic carbocycles. The van der Waals surface area contributed by atoms with Crippen LogP contribution in [0.15, 0.2) is 0 Å². The highest BCUT2D eigenvalue weighted by Gasteiger charge is 2.29. The Balaban J connectivity index is 1.89. The third-order valence-corrected chi connectivity index (χ3v) is 3.34. The number of hydrogen-bond acceptors (Lipinski definition) is 2. The molecule has 1 N–H and O–H groups in total. The van der Waals surface area contributed by atoms with Crippen LogP contribution < -0.4 is 5.32 Å². The van der Waals surface area contributed by atoms with E-state index in [1.807, 2.05) is 0 Å². The molecule has 2 saturated heterocycles. The SMILES string of the molecule is C[C@H]1CNC[C@H]1N1CCCCC1. The summed E-state index contributed by atoms with van der Waals surface area (Å²) in [6.45, 7) is 7.51. The summed E-state index contributed by atoms with van der Waals surface area (Å²) in [5, 5.41) is 3.48. The lowest BCUT2D eigenvalue weighted by atomic mass is 10.0. The van der Waals surface area contributed by atoms with Crippen LogP contribution in [0.25, 0.3) is 0 Å². The molecular formula is C10H20N2. The first kappa shape index (κ1) is 8.52. The van der Waals surface area contributed by atoms with E-state index in [4.69, 9.17) is 0 Å². The van der Waals surface area contributed by atoms with Crippen molar-refractivity contribution in [3.63, 3.8) is 0 Å². The number of rotatable bonds is 1. The van der Waals surface area contributed by atoms with Gasteiger partial charge in [-0.05, 0) is 38.4 Å². The van der Waals surface area contributed by atoms with Gasteiger partial charge in [-0.25, -0.2) is 0 Å². The molecule has 0 radical (unpaired) electrons. The summed E-state index contributed by atoms with van der Waals surface area (Å²) in [5.74, 6) is 0.864. The van der Waals surface area contributed by atoms with Crippen LogP contribution in [0.2, 0.25) is 0 Å². The molecule has 0 aromatic carbocycles. The molecule has 2 nitrogen and oxygen atoms in total. The van der Waals surface area contributed by atoms with E-state index in [1.165, 1.54) is 45.4 Å². The zero-order valence-corrected chi connectivity index (χ0v) is 8.05. The van der Waals surface area contributed by atoms with Crippen LogP contribution in [-0.4, -0.2) is 37.1 Å². The maximum absolute atomic E-state index is 3.48. The predicted octanol–water partition coefficient (Wildman–Crippen LogP) is 1.08. The van der Waals surface area contributed by atoms with Gasteiger partial charge in [0.1, 0.15) is 0 Å². The van der Waals surface area contributed by atoms with Gasteiger partial charge in [-0.15, -0.1) is 0 Å². The number of likely N-dealkylation sites (tertiary alicyclic amines) is 1. The largest absolute Gasteiger partial charge is 0.315 e. The van der Waals surface area contributed by atoms with Gasteiger partial charge in [-0.1, -0.05) is 13.3 Å². The number of hydrogen-bond donors (Lipinski definition) is 1. The lowest BCUT2D eigenvalue weighted by Crippen LogP contribution is -2.43. The maximum atomic E-state index is 3.48. The third-order valence-electron chi connectivity index (χ3n) is 3.34. The summed E-state index contributed by atoms with van der Waals surface area (Å²) < 4.78 is 0. The van der Waals surface area contributed by atoms with Crippen LogP contribution in [-0.2, 0) is 0 Å². The van der Waals surface area contributed by atoms with Crippen molar-refractivity contribution < 1.29 is 0 Å². The van der Waals surface area contributed by atoms with Crippen molar-refractivity contribution >= 4 is 0 Å². The zero-order chi connectivity index (χ0) is 8.39. The van der Waals surface area contributed by atoms with E-state index in [0.717, 1.165) is 12.0 Å². The Hall–Kier alpha value is -0.0800. The fourth-order valence-corrected chi connectivity index (χ4v) is 2.54. The maximum Gasteiger partial charge on any atom is 0.0258 e. The summed E-state index contributed by atoms with van der Waals surface area (Å²) in [4.78, 5) is 2.69. The van der Waals surface area contributed by atoms with Gasteiger partial charge < -0.3 is 5.32 Å². The molecule has 0 bridgehead atoms. The highest BCUT2D eigenvalue weighted by atomic mass is 15.2. The van der Waals surface area contributed by atoms with Crippen LogP contribution in [0, 0.1) is 5.92 Å². The van der Waals surface area contributed by atoms with Gasteiger partial charge in [0.2, 0.25) is 0 Å². The lowest BCUT2D eigenvalue weighted by molar-refractivity contribution is 0.148. The van der Waals surface area contributed by atoms with Crippen molar-refractivity contribution in [3.05, 3.63) is 0 Å². The smallest absolute Gasteiger partial charge is 0.0258 e. The molecule has 0 amide bonds. The lowest BCUT2D eigenvalue weighted by Gasteiger charge is -2.34. The van der Waals surface area contributed by atoms with Crippen molar-refractivity contribution in [1.29, 1.82) is 0 Å². The average Bonchev–Trinajstić information content (AvgIpc) is 2.53. The molecule has 0 spiro atoms. The normalized spacial score (nSPS) is 38.8. The topological polar surface area (TPSA) is 15.3 Å². The molecule has 12 heavy (non-hydrogen) atoms. The van der Waals surface area contributed by atoms with E-state index >= 15 is 0 Å². The molecule has 2 aliphatic heterocycles. The third kappa shape index (κ3) is 1.64. The second-order valence-electron chi connectivity index (χ2n) is 4.30. The molecule has 2 heterocycles. The molecular weight excluding hydrogens is 148 g/mol. The summed E-state index contributed by atoms with van der Waals surface area (Å²) >= 11 is 0. The van der Waals surface area contributed by atoms with Crippen molar-refractivity contribution in [2.24, 2.45) is 5.92 Å². The van der Waals surface area contributed by atoms with Crippen LogP contribution in [0.1, 0.15) is 26.2 Å². The van der Waals surface area contributed by atoms with E-state index in [2.05, 4.69) is 17.1 Å². The second-order valence-corrected chi connectivity index (χ2v) is 4.30. The van der Waals surface area contributed by atoms with E-state index < -0.39 is 0 Å². The average molecular weight is 168 g/mol. The van der Waals surface area contributed by atoms with E-state index in [-0.39, 0.29) is 0 Å². The zero-order valence-electron chi connectivity index (χ0n) is 8.05. The minimum absolute atomic E-state index is 0.838. The Morgan fingerprint density at radius 1 is 1.08 bits per heavy atom. The van der Waals surface area contributed by atoms with Crippen LogP contribution in [0.3, 0.4) is 0 Å². The van der Waals surface area contributed by atoms with Crippen molar-refractivity contribution in [1.82, 2.24) is 10.2 Å². The number of nitrogens with one attached hydrogen (secondary N) is 1. The van der Waals surface area contributed by atoms with Gasteiger partial charge in [0.05, 0.1) is 0 Å². The van der Waals surface area contributed by atoms with Gasteiger partial charge in [-0.3, -0.25) is 4.90 Å². The van der Waals surface area contributed by atoms with Gasteiger partial charge in [0.25, 0.3) is 0 Å². The molecule has 2 atom stereocenters. The van der Waals surface area contributed by atoms with E-state index in [9.17, 15) is 0 Å². The summed E-state index contributed by atoms with van der Waals surface area (Å²) in [5.41, 5.74) is 0. The Morgan fingerprint density at radius 2 is 1.83 bits per heavy atom. The standard InChI is InChI=1S/C10H20N2/c1-9-7-11-8-10(9)12-5-3-2-4-6-12/h9-11H,2-8H2,1H3/t9-,10+/m0/s1. The number of nitrogens with zero attached hydrogens (tertiary/aromatic N) is 1. The predicted molar refractivity (Wildman–Crippen MR) is 51.2 cm³/mol. The first-order valence-corrected chi connectivity index (χ1v) is 5.32. The summed E-state index contributed by atoms with van der Waals surface area (Å²) in [6.07, 6.45) is 4.29. The molecule has 0 unspecified atom stereocenters. The fourth-order valence-electron chi connectivity index (χ4n) is 2.54. The molecule has 0 aromatic rings. The quantitative estimate of drug-likeness (QED) is 0.630. The Morgan fingerprint density at radius 3 is 2.42 bits per heavy atom. The van der Waals surface area contributed by atoms with Crippen molar-refractivity contribution in [2.75, 3.05) is 26.2 Å². The minimum Gasteiger partial charge on any atom is -0.315 e. The summed E-state index contributed by atoms with van der Waals surface area (Å²) in [6, 6.07) is 0.838. The molecule has 2 heteroatoms. The fraction of sp³-hybridized carbons (Fsp3) is 1.00. The van der Waals surface area contributed by atoms with Crippen LogP contribution >= 0.6 is 0 Å². The van der Waals surface area contributed by atoms with Gasteiger partial charge >= 0.3 is 0 Å². The molecule has 0 saturated carbocycles. The van der Waals surface area contributed by atoms with Gasteiger partial charge in [0, 0.05) is 12.6 Å². The van der Waals surface area contributed by atoms with Crippen LogP contribution in [0.5, 0.6) is 0 Å². The first-order valence-electron chi connectivity index (χ1n) is 5.32. The highest BCUT2D eigenvalue weighted by molar-refractivity contribution is 4.87. The Labute approximate surface area is 75.3 Å². The minimum atomic E-state index is 0.838. The Kier molecular flexibility index (Phi) is 2.66. The second kappa shape index (κ2) is 3.75. The molecule has 70 valence electrons. The molecule has 2 fully saturated rings. The molecule has 0 aromatic heterocycles. The van der Waals surface area contributed by atoms with E-state index in [0.29, 0.717) is 0 Å². The van der Waals surface area contributed by atoms with Crippen molar-refractivity contribution in [2.45, 2.75) is 32.2 Å². The van der Waals surface area contributed by atoms with Gasteiger partial charge in [-0.2, -0.15) is 0 Å². The highest BCUT2D eigenvalue weighted by Crippen LogP contribution is 2.19. The molecule has 2 aliphatic rings. The van der Waals surface area contributed by atoms with Crippen LogP contribution in [0.4, 0.5) is 0 Å².